The van der Waals surface area contributed by atoms with Crippen LogP contribution in [0.15, 0.2) is 9.82 Å². The lowest BCUT2D eigenvalue weighted by molar-refractivity contribution is -0.144. The lowest BCUT2D eigenvalue weighted by Crippen LogP contribution is -2.37. The molecule has 1 aliphatic heterocycles. The van der Waals surface area contributed by atoms with Crippen molar-refractivity contribution in [2.75, 3.05) is 7.11 Å². The Morgan fingerprint density at radius 1 is 1.37 bits per heavy atom. The minimum atomic E-state index is -0.217. The van der Waals surface area contributed by atoms with Crippen molar-refractivity contribution in [2.45, 2.75) is 35.5 Å². The zero-order valence-corrected chi connectivity index (χ0v) is 12.2. The third-order valence-electron chi connectivity index (χ3n) is 4.92. The summed E-state index contributed by atoms with van der Waals surface area (Å²) in [6.45, 7) is 0. The van der Waals surface area contributed by atoms with E-state index in [0.29, 0.717) is 23.0 Å². The van der Waals surface area contributed by atoms with Crippen LogP contribution in [0.5, 0.6) is 0 Å². The van der Waals surface area contributed by atoms with Gasteiger partial charge in [-0.25, -0.2) is 0 Å². The number of thiazole rings is 1. The first-order chi connectivity index (χ1) is 9.19. The van der Waals surface area contributed by atoms with Gasteiger partial charge in [-0.3, -0.25) is 9.59 Å². The Morgan fingerprint density at radius 3 is 2.95 bits per heavy atom. The van der Waals surface area contributed by atoms with Crippen LogP contribution in [-0.2, 0) is 9.53 Å². The Hall–Kier alpha value is -0.750. The van der Waals surface area contributed by atoms with Crippen LogP contribution in [0.3, 0.4) is 0 Å². The molecule has 0 spiro atoms. The number of rotatable bonds is 1. The van der Waals surface area contributed by atoms with Crippen LogP contribution in [0.4, 0.5) is 0 Å². The van der Waals surface area contributed by atoms with Crippen LogP contribution < -0.4 is 4.87 Å². The van der Waals surface area contributed by atoms with Gasteiger partial charge in [0.05, 0.1) is 22.9 Å². The number of methoxy groups -OCH3 is 1. The van der Waals surface area contributed by atoms with E-state index in [-0.39, 0.29) is 16.8 Å². The van der Waals surface area contributed by atoms with E-state index in [0.717, 1.165) is 9.90 Å². The smallest absolute Gasteiger partial charge is 0.314 e. The third-order valence-corrected chi connectivity index (χ3v) is 7.54. The second-order valence-corrected chi connectivity index (χ2v) is 7.90. The second-order valence-electron chi connectivity index (χ2n) is 5.70. The summed E-state index contributed by atoms with van der Waals surface area (Å²) >= 11 is 2.98. The van der Waals surface area contributed by atoms with Gasteiger partial charge >= 0.3 is 10.8 Å². The summed E-state index contributed by atoms with van der Waals surface area (Å²) in [4.78, 5) is 27.6. The molecule has 0 unspecified atom stereocenters. The molecular weight excluding hydrogens is 282 g/mol. The number of esters is 1. The highest BCUT2D eigenvalue weighted by atomic mass is 32.2. The molecule has 2 fully saturated rings. The van der Waals surface area contributed by atoms with Crippen molar-refractivity contribution in [1.29, 1.82) is 0 Å². The van der Waals surface area contributed by atoms with E-state index < -0.39 is 0 Å². The molecule has 0 saturated heterocycles. The Morgan fingerprint density at radius 2 is 2.16 bits per heavy atom. The molecule has 0 radical (unpaired) electrons. The van der Waals surface area contributed by atoms with E-state index in [2.05, 4.69) is 4.98 Å². The number of nitrogens with one attached hydrogen (secondary N) is 1. The van der Waals surface area contributed by atoms with Gasteiger partial charge in [-0.05, 0) is 37.0 Å². The average molecular weight is 297 g/mol. The maximum atomic E-state index is 12.2. The molecule has 2 bridgehead atoms. The Kier molecular flexibility index (Phi) is 2.61. The lowest BCUT2D eigenvalue weighted by atomic mass is 9.78. The number of carbonyl (C=O) groups excluding carboxylic acids is 1. The lowest BCUT2D eigenvalue weighted by Gasteiger charge is -2.38. The van der Waals surface area contributed by atoms with E-state index in [1.165, 1.54) is 37.7 Å². The largest absolute Gasteiger partial charge is 0.469 e. The van der Waals surface area contributed by atoms with Crippen molar-refractivity contribution in [2.24, 2.45) is 17.8 Å². The Bertz CT molecular complexity index is 593. The zero-order valence-electron chi connectivity index (χ0n) is 10.5. The molecule has 4 nitrogen and oxygen atoms in total. The molecule has 4 rings (SSSR count). The van der Waals surface area contributed by atoms with Gasteiger partial charge in [0.25, 0.3) is 0 Å². The molecule has 2 aliphatic carbocycles. The number of thioether (sulfide) groups is 1. The fourth-order valence-electron chi connectivity index (χ4n) is 4.24. The SMILES string of the molecule is COC(=O)[C@H]1c2sc(=O)[nH]c2S[C@H]2[C@@H]3CC[C@H](C3)[C@@H]21. The summed E-state index contributed by atoms with van der Waals surface area (Å²) in [6.07, 6.45) is 3.75. The molecule has 0 amide bonds. The summed E-state index contributed by atoms with van der Waals surface area (Å²) in [6, 6.07) is 0. The molecule has 2 saturated carbocycles. The molecular formula is C13H15NO3S2. The minimum absolute atomic E-state index is 0.0567. The number of aromatic amines is 1. The van der Waals surface area contributed by atoms with Crippen molar-refractivity contribution < 1.29 is 9.53 Å². The van der Waals surface area contributed by atoms with Crippen molar-refractivity contribution >= 4 is 29.1 Å². The first kappa shape index (κ1) is 12.0. The zero-order chi connectivity index (χ0) is 13.1. The van der Waals surface area contributed by atoms with Crippen LogP contribution in [0.2, 0.25) is 0 Å². The highest BCUT2D eigenvalue weighted by Gasteiger charge is 2.56. The van der Waals surface area contributed by atoms with E-state index in [4.69, 9.17) is 4.74 Å². The maximum Gasteiger partial charge on any atom is 0.314 e. The molecule has 1 aromatic heterocycles. The minimum Gasteiger partial charge on any atom is -0.469 e. The van der Waals surface area contributed by atoms with Crippen LogP contribution in [0.1, 0.15) is 30.1 Å². The first-order valence-corrected chi connectivity index (χ1v) is 8.36. The molecule has 6 heteroatoms. The summed E-state index contributed by atoms with van der Waals surface area (Å²) in [5, 5.41) is 1.40. The standard InChI is InChI=1S/C13H15NO3S2/c1-17-12(15)8-7-5-2-3-6(4-5)9(7)18-11-10(8)19-13(16)14-11/h5-9H,2-4H2,1H3,(H,14,16)/t5-,6-,7-,8-,9+/m1/s1. The Labute approximate surface area is 118 Å². The van der Waals surface area contributed by atoms with Gasteiger partial charge in [-0.1, -0.05) is 11.3 Å². The summed E-state index contributed by atoms with van der Waals surface area (Å²) in [5.74, 6) is 1.33. The maximum absolute atomic E-state index is 12.2. The van der Waals surface area contributed by atoms with Crippen molar-refractivity contribution in [3.05, 3.63) is 14.5 Å². The van der Waals surface area contributed by atoms with Crippen molar-refractivity contribution in [3.8, 4) is 0 Å². The van der Waals surface area contributed by atoms with Crippen molar-refractivity contribution in [1.82, 2.24) is 4.98 Å². The molecule has 1 aromatic rings. The molecule has 102 valence electrons. The van der Waals surface area contributed by atoms with Gasteiger partial charge in [-0.2, -0.15) is 0 Å². The van der Waals surface area contributed by atoms with Crippen molar-refractivity contribution in [3.63, 3.8) is 0 Å². The molecule has 0 aromatic carbocycles. The number of carbonyl (C=O) groups is 1. The van der Waals surface area contributed by atoms with Gasteiger partial charge in [0.2, 0.25) is 0 Å². The summed E-state index contributed by atoms with van der Waals surface area (Å²) in [5.41, 5.74) is 0. The van der Waals surface area contributed by atoms with Gasteiger partial charge in [0.1, 0.15) is 0 Å². The molecule has 2 heterocycles. The number of fused-ring (bicyclic) bond motifs is 6. The van der Waals surface area contributed by atoms with E-state index >= 15 is 0 Å². The number of hydrogen-bond donors (Lipinski definition) is 1. The number of ether oxygens (including phenoxy) is 1. The van der Waals surface area contributed by atoms with E-state index in [1.807, 2.05) is 0 Å². The van der Waals surface area contributed by atoms with E-state index in [1.54, 1.807) is 11.8 Å². The molecule has 5 atom stereocenters. The normalized spacial score (nSPS) is 38.9. The topological polar surface area (TPSA) is 59.2 Å². The first-order valence-electron chi connectivity index (χ1n) is 6.66. The van der Waals surface area contributed by atoms with Gasteiger partial charge in [0, 0.05) is 5.25 Å². The average Bonchev–Trinajstić information content (AvgIpc) is 3.07. The van der Waals surface area contributed by atoms with Crippen LogP contribution in [0.25, 0.3) is 0 Å². The number of hydrogen-bond acceptors (Lipinski definition) is 5. The summed E-state index contributed by atoms with van der Waals surface area (Å²) in [7, 11) is 1.45. The molecule has 3 aliphatic rings. The molecule has 19 heavy (non-hydrogen) atoms. The Balaban J connectivity index is 1.84. The fraction of sp³-hybridized carbons (Fsp3) is 0.692. The van der Waals surface area contributed by atoms with Crippen LogP contribution in [-0.4, -0.2) is 23.3 Å². The molecule has 1 N–H and O–H groups in total. The van der Waals surface area contributed by atoms with Gasteiger partial charge in [0.15, 0.2) is 0 Å². The predicted molar refractivity (Wildman–Crippen MR) is 73.7 cm³/mol. The number of H-pyrrole nitrogens is 1. The summed E-state index contributed by atoms with van der Waals surface area (Å²) < 4.78 is 5.01. The highest BCUT2D eigenvalue weighted by molar-refractivity contribution is 8.00. The van der Waals surface area contributed by atoms with Gasteiger partial charge in [-0.15, -0.1) is 11.8 Å². The monoisotopic (exact) mass is 297 g/mol. The van der Waals surface area contributed by atoms with Gasteiger partial charge < -0.3 is 9.72 Å². The van der Waals surface area contributed by atoms with Crippen LogP contribution >= 0.6 is 23.1 Å². The fourth-order valence-corrected chi connectivity index (χ4v) is 7.09. The predicted octanol–water partition coefficient (Wildman–Crippen LogP) is 2.21. The van der Waals surface area contributed by atoms with Crippen LogP contribution in [0, 0.1) is 17.8 Å². The third kappa shape index (κ3) is 1.59. The van der Waals surface area contributed by atoms with E-state index in [9.17, 15) is 9.59 Å². The quantitative estimate of drug-likeness (QED) is 0.807. The number of aromatic nitrogens is 1. The highest BCUT2D eigenvalue weighted by Crippen LogP contribution is 2.62. The second kappa shape index (κ2) is 4.12.